The van der Waals surface area contributed by atoms with Gasteiger partial charge in [-0.15, -0.1) is 11.3 Å². The number of nitrogens with zero attached hydrogens (tertiary/aromatic N) is 8. The number of carbonyl (C=O) groups is 6. The summed E-state index contributed by atoms with van der Waals surface area (Å²) in [5.74, 6) is -0.962. The van der Waals surface area contributed by atoms with Gasteiger partial charge in [-0.05, 0) is 136 Å². The number of aliphatic hydroxyl groups excluding tert-OH is 1. The van der Waals surface area contributed by atoms with Crippen LogP contribution in [0.4, 0.5) is 30.5 Å². The number of alkyl halides is 1. The number of ether oxygens (including phenoxy) is 2. The molecule has 1 spiro atoms. The molecule has 2 aromatic heterocycles. The van der Waals surface area contributed by atoms with E-state index in [1.54, 1.807) is 37.2 Å². The highest BCUT2D eigenvalue weighted by Crippen LogP contribution is 2.42. The highest BCUT2D eigenvalue weighted by Gasteiger charge is 2.54. The Labute approximate surface area is 592 Å². The highest BCUT2D eigenvalue weighted by atomic mass is 32.1. The van der Waals surface area contributed by atoms with E-state index in [0.29, 0.717) is 93.2 Å². The second kappa shape index (κ2) is 30.9. The summed E-state index contributed by atoms with van der Waals surface area (Å²) in [5.41, 5.74) is 3.18. The molecule has 7 aliphatic rings. The summed E-state index contributed by atoms with van der Waals surface area (Å²) in [6.07, 6.45) is 6.37. The zero-order valence-electron chi connectivity index (χ0n) is 58.8. The third kappa shape index (κ3) is 18.3. The van der Waals surface area contributed by atoms with E-state index in [9.17, 15) is 38.3 Å². The Morgan fingerprint density at radius 1 is 0.782 bits per heavy atom. The van der Waals surface area contributed by atoms with Crippen molar-refractivity contribution < 1.29 is 56.5 Å². The van der Waals surface area contributed by atoms with Gasteiger partial charge in [-0.2, -0.15) is 0 Å². The van der Waals surface area contributed by atoms with E-state index in [0.717, 1.165) is 97.9 Å². The van der Waals surface area contributed by atoms with Crippen molar-refractivity contribution >= 4 is 64.1 Å². The van der Waals surface area contributed by atoms with E-state index in [1.165, 1.54) is 34.7 Å². The molecule has 7 fully saturated rings. The van der Waals surface area contributed by atoms with Gasteiger partial charge in [-0.3, -0.25) is 33.7 Å². The second-order valence-corrected chi connectivity index (χ2v) is 31.7. The van der Waals surface area contributed by atoms with E-state index < -0.39 is 64.2 Å². The quantitative estimate of drug-likeness (QED) is 0.0277. The average molecular weight is 1420 g/mol. The number of hydrogen-bond acceptors (Lipinski definition) is 18. The predicted octanol–water partition coefficient (Wildman–Crippen LogP) is 6.94. The number of rotatable bonds is 26. The number of β-amino-alcohol motifs (C(OH)–C–C–N with tert-alkyl or cyclic N) is 1. The molecule has 0 bridgehead atoms. The van der Waals surface area contributed by atoms with Crippen molar-refractivity contribution in [2.75, 3.05) is 100 Å². The zero-order valence-corrected chi connectivity index (χ0v) is 59.6. The molecule has 2 aliphatic carbocycles. The van der Waals surface area contributed by atoms with Crippen LogP contribution in [0.25, 0.3) is 10.4 Å². The van der Waals surface area contributed by atoms with Gasteiger partial charge in [0.05, 0.1) is 46.1 Å². The SMILES string of the molecule is Cc1ncsc1-c1ccc(CNC(=O)[C@@H]2C[C@@H](O)CN2C(=O)[C@@H](NC(=O)C2(F)CC2)C(C)(C)C)c(OCC(=O)NCCCN2C[C@H]3C[C@@H](OCC(=O)NCc4cccc(CNc5cc(N6CCC7(CC6)CN(c6cc(F)c(CN8CCC(C)(C)CC8)cc6F)CC(=O)N7)ncn5)c4)C[C@H]3C2)c1. The zero-order chi connectivity index (χ0) is 71.4. The van der Waals surface area contributed by atoms with E-state index in [2.05, 4.69) is 75.4 Å². The Kier molecular flexibility index (Phi) is 22.3. The van der Waals surface area contributed by atoms with Gasteiger partial charge in [0.15, 0.2) is 12.3 Å². The normalized spacial score (nSPS) is 22.7. The van der Waals surface area contributed by atoms with Crippen LogP contribution in [-0.4, -0.2) is 191 Å². The van der Waals surface area contributed by atoms with Gasteiger partial charge < -0.3 is 66.1 Å². The van der Waals surface area contributed by atoms with Crippen LogP contribution in [0.5, 0.6) is 5.75 Å². The number of piperazine rings is 1. The highest BCUT2D eigenvalue weighted by molar-refractivity contribution is 7.13. The van der Waals surface area contributed by atoms with Gasteiger partial charge in [-0.25, -0.2) is 28.1 Å². The van der Waals surface area contributed by atoms with Gasteiger partial charge >= 0.3 is 0 Å². The number of halogens is 3. The number of anilines is 3. The van der Waals surface area contributed by atoms with Crippen molar-refractivity contribution in [3.63, 3.8) is 0 Å². The topological polar surface area (TPSA) is 268 Å². The van der Waals surface area contributed by atoms with E-state index in [4.69, 9.17) is 9.47 Å². The fraction of sp³-hybridized carbons (Fsp3) is 0.581. The number of aryl methyl sites for hydroxylation is 1. The van der Waals surface area contributed by atoms with Crippen molar-refractivity contribution in [3.8, 4) is 16.2 Å². The van der Waals surface area contributed by atoms with Crippen LogP contribution in [0.15, 0.2) is 72.5 Å². The minimum Gasteiger partial charge on any atom is -0.483 e. The summed E-state index contributed by atoms with van der Waals surface area (Å²) in [7, 11) is 0. The molecule has 5 saturated heterocycles. The van der Waals surface area contributed by atoms with Crippen LogP contribution in [-0.2, 0) is 59.7 Å². The first-order chi connectivity index (χ1) is 48.2. The van der Waals surface area contributed by atoms with Crippen molar-refractivity contribution in [1.29, 1.82) is 0 Å². The first-order valence-corrected chi connectivity index (χ1v) is 36.6. The summed E-state index contributed by atoms with van der Waals surface area (Å²) in [6.45, 7) is 18.6. The summed E-state index contributed by atoms with van der Waals surface area (Å²) >= 11 is 1.46. The molecule has 101 heavy (non-hydrogen) atoms. The van der Waals surface area contributed by atoms with E-state index in [-0.39, 0.29) is 87.0 Å². The van der Waals surface area contributed by atoms with Crippen LogP contribution in [0.3, 0.4) is 0 Å². The second-order valence-electron chi connectivity index (χ2n) is 30.8. The summed E-state index contributed by atoms with van der Waals surface area (Å²) < 4.78 is 58.5. The number of amides is 6. The van der Waals surface area contributed by atoms with Gasteiger partial charge in [0.2, 0.25) is 23.6 Å². The van der Waals surface area contributed by atoms with Crippen LogP contribution < -0.4 is 46.4 Å². The molecule has 3 aromatic carbocycles. The minimum atomic E-state index is -2.00. The van der Waals surface area contributed by atoms with E-state index >= 15 is 8.78 Å². The molecule has 544 valence electrons. The first kappa shape index (κ1) is 72.8. The number of aromatic nitrogens is 3. The van der Waals surface area contributed by atoms with Crippen LogP contribution in [0.2, 0.25) is 0 Å². The molecule has 6 atom stereocenters. The van der Waals surface area contributed by atoms with Crippen molar-refractivity contribution in [2.45, 2.75) is 167 Å². The number of likely N-dealkylation sites (tertiary alicyclic amines) is 3. The predicted molar refractivity (Wildman–Crippen MR) is 377 cm³/mol. The Bertz CT molecular complexity index is 3820. The third-order valence-electron chi connectivity index (χ3n) is 21.4. The number of nitrogens with one attached hydrogen (secondary N) is 6. The number of hydrogen-bond donors (Lipinski definition) is 7. The van der Waals surface area contributed by atoms with Gasteiger partial charge in [0.25, 0.3) is 11.8 Å². The molecular weight excluding hydrogens is 1320 g/mol. The summed E-state index contributed by atoms with van der Waals surface area (Å²) in [5, 5.41) is 28.8. The maximum atomic E-state index is 15.8. The number of benzene rings is 3. The Morgan fingerprint density at radius 3 is 2.23 bits per heavy atom. The standard InChI is InChI=1S/C74H97F3N14O9S/c1-46-66(101-45-84-46)49-11-12-50(35-81-68(96)59-30-54(92)39-91(59)69(97)67(71(2,3)4)85-70(98)74(77)13-14-74)60(29-49)100-42-64(94)78-19-8-20-88-36-51-26-55(27-52(51)37-88)99-41-65(95)80-34-48-10-7-9-47(25-48)33-79-61-32-62(83-44-82-61)89-23-17-73(18-24-89)43-90(40-63(93)86-73)58-31-56(75)53(28-57(58)76)38-87-21-15-72(5,6)16-22-87/h7,9-12,25,28-29,31-32,44-45,51-52,54-55,59,67,92H,8,13-24,26-27,30,33-43H2,1-6H3,(H,78,94)(H,80,95)(H,81,96)(H,85,98)(H,86,93)(H,79,82,83)/t51-,52+,54-,55-,59+,67-/m1/s1. The molecule has 0 radical (unpaired) electrons. The molecule has 6 amide bonds. The Balaban J connectivity index is 0.534. The maximum Gasteiger partial charge on any atom is 0.258 e. The fourth-order valence-electron chi connectivity index (χ4n) is 15.1. The summed E-state index contributed by atoms with van der Waals surface area (Å²) in [4.78, 5) is 104. The first-order valence-electron chi connectivity index (χ1n) is 35.7. The largest absolute Gasteiger partial charge is 0.483 e. The van der Waals surface area contributed by atoms with Crippen molar-refractivity contribution in [2.24, 2.45) is 22.7 Å². The fourth-order valence-corrected chi connectivity index (χ4v) is 15.9. The van der Waals surface area contributed by atoms with Crippen LogP contribution in [0.1, 0.15) is 127 Å². The molecule has 0 unspecified atom stereocenters. The lowest BCUT2D eigenvalue weighted by Crippen LogP contribution is -2.66. The number of thiazole rings is 1. The van der Waals surface area contributed by atoms with Crippen molar-refractivity contribution in [3.05, 3.63) is 112 Å². The smallest absolute Gasteiger partial charge is 0.258 e. The summed E-state index contributed by atoms with van der Waals surface area (Å²) in [6, 6.07) is 15.8. The molecule has 12 rings (SSSR count). The number of carbonyl (C=O) groups excluding carboxylic acids is 6. The molecule has 27 heteroatoms. The maximum absolute atomic E-state index is 15.8. The number of fused-ring (bicyclic) bond motifs is 1. The lowest BCUT2D eigenvalue weighted by molar-refractivity contribution is -0.145. The van der Waals surface area contributed by atoms with Gasteiger partial charge in [0.1, 0.15) is 54.0 Å². The number of aliphatic hydroxyl groups is 1. The third-order valence-corrected chi connectivity index (χ3v) is 22.4. The lowest BCUT2D eigenvalue weighted by atomic mass is 9.82. The van der Waals surface area contributed by atoms with Gasteiger partial charge in [0, 0.05) is 102 Å². The molecule has 2 saturated carbocycles. The Hall–Kier alpha value is -7.98. The molecule has 5 aromatic rings. The molecule has 23 nitrogen and oxygen atoms in total. The molecule has 5 aliphatic heterocycles. The molecule has 7 heterocycles. The molecular formula is C74H97F3N14O9S. The van der Waals surface area contributed by atoms with Crippen LogP contribution in [0, 0.1) is 41.2 Å². The van der Waals surface area contributed by atoms with Gasteiger partial charge in [-0.1, -0.05) is 71.0 Å². The molecule has 7 N–H and O–H groups in total. The van der Waals surface area contributed by atoms with Crippen molar-refractivity contribution in [1.82, 2.24) is 56.2 Å². The average Bonchev–Trinajstić information content (AvgIpc) is 1.77. The number of piperidine rings is 2. The Morgan fingerprint density at radius 2 is 1.51 bits per heavy atom. The lowest BCUT2D eigenvalue weighted by Gasteiger charge is -2.48. The van der Waals surface area contributed by atoms with E-state index in [1.807, 2.05) is 49.4 Å². The monoisotopic (exact) mass is 1410 g/mol. The minimum absolute atomic E-state index is 0.00169. The van der Waals surface area contributed by atoms with Crippen LogP contribution >= 0.6 is 11.3 Å².